The number of unbranched alkanes of at least 4 members (excludes halogenated alkanes) is 4. The van der Waals surface area contributed by atoms with Crippen molar-refractivity contribution >= 4 is 40.2 Å². The molecular formula is C14H24N4O2S2. The second-order valence-corrected chi connectivity index (χ2v) is 7.00. The third kappa shape index (κ3) is 5.84. The van der Waals surface area contributed by atoms with Crippen molar-refractivity contribution in [2.24, 2.45) is 5.73 Å². The molecule has 6 nitrogen and oxygen atoms in total. The number of carbonyl (C=O) groups is 2. The Labute approximate surface area is 140 Å². The molecule has 1 aromatic heterocycles. The van der Waals surface area contributed by atoms with Gasteiger partial charge in [-0.25, -0.2) is 4.79 Å². The Morgan fingerprint density at radius 1 is 1.27 bits per heavy atom. The first-order chi connectivity index (χ1) is 10.5. The number of nitrogens with zero attached hydrogens (tertiary/aromatic N) is 2. The van der Waals surface area contributed by atoms with E-state index in [0.717, 1.165) is 23.7 Å². The highest BCUT2D eigenvalue weighted by molar-refractivity contribution is 7.99. The highest BCUT2D eigenvalue weighted by Crippen LogP contribution is 2.32. The van der Waals surface area contributed by atoms with Crippen molar-refractivity contribution in [3.63, 3.8) is 0 Å². The largest absolute Gasteiger partial charge is 0.365 e. The molecule has 3 amide bonds. The summed E-state index contributed by atoms with van der Waals surface area (Å²) < 4.78 is 4.25. The van der Waals surface area contributed by atoms with Gasteiger partial charge in [0.2, 0.25) is 0 Å². The summed E-state index contributed by atoms with van der Waals surface area (Å²) >= 11 is 2.62. The minimum Gasteiger partial charge on any atom is -0.365 e. The van der Waals surface area contributed by atoms with Gasteiger partial charge >= 0.3 is 6.03 Å². The van der Waals surface area contributed by atoms with Gasteiger partial charge in [-0.3, -0.25) is 10.1 Å². The lowest BCUT2D eigenvalue weighted by molar-refractivity contribution is 0.0998. The molecule has 0 bridgehead atoms. The van der Waals surface area contributed by atoms with Crippen LogP contribution in [0.5, 0.6) is 0 Å². The molecule has 0 saturated carbocycles. The summed E-state index contributed by atoms with van der Waals surface area (Å²) in [4.78, 5) is 24.7. The molecule has 1 heterocycles. The average molecular weight is 345 g/mol. The number of amides is 3. The molecule has 1 rings (SSSR count). The molecule has 0 spiro atoms. The van der Waals surface area contributed by atoms with Gasteiger partial charge in [0.15, 0.2) is 0 Å². The van der Waals surface area contributed by atoms with Crippen molar-refractivity contribution in [1.82, 2.24) is 9.27 Å². The van der Waals surface area contributed by atoms with Crippen LogP contribution in [-0.4, -0.2) is 41.1 Å². The predicted molar refractivity (Wildman–Crippen MR) is 92.8 cm³/mol. The highest BCUT2D eigenvalue weighted by atomic mass is 32.2. The van der Waals surface area contributed by atoms with Gasteiger partial charge in [-0.05, 0) is 23.7 Å². The lowest BCUT2D eigenvalue weighted by Gasteiger charge is -2.11. The predicted octanol–water partition coefficient (Wildman–Crippen LogP) is 3.40. The molecule has 1 aromatic rings. The maximum Gasteiger partial charge on any atom is 0.321 e. The lowest BCUT2D eigenvalue weighted by Crippen LogP contribution is -2.28. The minimum absolute atomic E-state index is 0.303. The van der Waals surface area contributed by atoms with Gasteiger partial charge in [0.25, 0.3) is 5.91 Å². The number of nitrogens with two attached hydrogens (primary N) is 1. The maximum absolute atomic E-state index is 11.7. The number of rotatable bonds is 9. The van der Waals surface area contributed by atoms with E-state index in [1.807, 2.05) is 0 Å². The summed E-state index contributed by atoms with van der Waals surface area (Å²) in [5.74, 6) is 0.339. The number of anilines is 1. The van der Waals surface area contributed by atoms with Crippen LogP contribution in [0.25, 0.3) is 0 Å². The van der Waals surface area contributed by atoms with Gasteiger partial charge in [0, 0.05) is 14.1 Å². The minimum atomic E-state index is -0.559. The molecule has 0 aliphatic carbocycles. The molecule has 3 N–H and O–H groups in total. The molecule has 0 aliphatic heterocycles. The molecule has 0 radical (unpaired) electrons. The molecule has 8 heteroatoms. The van der Waals surface area contributed by atoms with Gasteiger partial charge in [-0.2, -0.15) is 4.37 Å². The van der Waals surface area contributed by atoms with E-state index in [9.17, 15) is 9.59 Å². The first kappa shape index (κ1) is 18.8. The Kier molecular flexibility index (Phi) is 8.26. The topological polar surface area (TPSA) is 88.3 Å². The number of hydrogen-bond donors (Lipinski definition) is 2. The van der Waals surface area contributed by atoms with Gasteiger partial charge in [-0.15, -0.1) is 11.8 Å². The fourth-order valence-electron chi connectivity index (χ4n) is 1.76. The van der Waals surface area contributed by atoms with Crippen LogP contribution in [0.1, 0.15) is 49.4 Å². The Morgan fingerprint density at radius 3 is 2.55 bits per heavy atom. The van der Waals surface area contributed by atoms with Crippen LogP contribution in [0, 0.1) is 0 Å². The van der Waals surface area contributed by atoms with E-state index in [1.165, 1.54) is 42.3 Å². The first-order valence-corrected chi connectivity index (χ1v) is 9.13. The lowest BCUT2D eigenvalue weighted by atomic mass is 10.2. The van der Waals surface area contributed by atoms with Crippen LogP contribution in [0.3, 0.4) is 0 Å². The molecule has 0 aromatic carbocycles. The second kappa shape index (κ2) is 9.68. The Bertz CT molecular complexity index is 503. The first-order valence-electron chi connectivity index (χ1n) is 7.38. The molecule has 0 aliphatic rings. The number of urea groups is 1. The normalized spacial score (nSPS) is 10.5. The number of nitrogens with one attached hydrogen (secondary N) is 1. The zero-order valence-corrected chi connectivity index (χ0v) is 15.0. The fourth-order valence-corrected chi connectivity index (χ4v) is 3.72. The fraction of sp³-hybridized carbons (Fsp3) is 0.643. The van der Waals surface area contributed by atoms with Gasteiger partial charge < -0.3 is 10.6 Å². The third-order valence-electron chi connectivity index (χ3n) is 3.02. The van der Waals surface area contributed by atoms with Crippen molar-refractivity contribution in [3.05, 3.63) is 5.56 Å². The molecule has 0 unspecified atom stereocenters. The van der Waals surface area contributed by atoms with Crippen molar-refractivity contribution in [2.75, 3.05) is 25.2 Å². The monoisotopic (exact) mass is 344 g/mol. The maximum atomic E-state index is 11.7. The van der Waals surface area contributed by atoms with E-state index in [2.05, 4.69) is 16.6 Å². The van der Waals surface area contributed by atoms with Crippen molar-refractivity contribution in [3.8, 4) is 0 Å². The smallest absolute Gasteiger partial charge is 0.321 e. The molecular weight excluding hydrogens is 320 g/mol. The van der Waals surface area contributed by atoms with Crippen LogP contribution < -0.4 is 11.1 Å². The Morgan fingerprint density at radius 2 is 1.95 bits per heavy atom. The molecule has 0 fully saturated rings. The van der Waals surface area contributed by atoms with E-state index in [0.29, 0.717) is 15.6 Å². The van der Waals surface area contributed by atoms with Crippen LogP contribution >= 0.6 is 23.3 Å². The van der Waals surface area contributed by atoms with Crippen LogP contribution in [0.4, 0.5) is 9.80 Å². The molecule has 0 saturated heterocycles. The average Bonchev–Trinajstić information content (AvgIpc) is 2.85. The Balaban J connectivity index is 2.62. The van der Waals surface area contributed by atoms with E-state index in [1.54, 1.807) is 14.1 Å². The Hall–Kier alpha value is -1.28. The summed E-state index contributed by atoms with van der Waals surface area (Å²) in [5, 5.41) is 3.69. The van der Waals surface area contributed by atoms with Gasteiger partial charge in [0.1, 0.15) is 15.6 Å². The van der Waals surface area contributed by atoms with E-state index in [-0.39, 0.29) is 6.03 Å². The van der Waals surface area contributed by atoms with E-state index in [4.69, 9.17) is 5.73 Å². The van der Waals surface area contributed by atoms with Crippen molar-refractivity contribution in [1.29, 1.82) is 0 Å². The van der Waals surface area contributed by atoms with Crippen molar-refractivity contribution < 1.29 is 9.59 Å². The molecule has 22 heavy (non-hydrogen) atoms. The number of carbonyl (C=O) groups excluding carboxylic acids is 2. The van der Waals surface area contributed by atoms with Gasteiger partial charge in [0.05, 0.1) is 0 Å². The SMILES string of the molecule is CCCCCCCSc1nsc(NC(=O)N(C)C)c1C(N)=O. The third-order valence-corrected chi connectivity index (χ3v) is 4.96. The van der Waals surface area contributed by atoms with Gasteiger partial charge in [-0.1, -0.05) is 32.6 Å². The summed E-state index contributed by atoms with van der Waals surface area (Å²) in [6.07, 6.45) is 5.98. The molecule has 0 atom stereocenters. The quantitative estimate of drug-likeness (QED) is 0.531. The summed E-state index contributed by atoms with van der Waals surface area (Å²) in [5.41, 5.74) is 5.75. The standard InChI is InChI=1S/C14H24N4O2S2/c1-4-5-6-7-8-9-21-13-10(11(15)19)12(22-17-13)16-14(20)18(2)3/h4-9H2,1-3H3,(H2,15,19)(H,16,20). The van der Waals surface area contributed by atoms with Crippen molar-refractivity contribution in [2.45, 2.75) is 44.1 Å². The zero-order chi connectivity index (χ0) is 16.5. The van der Waals surface area contributed by atoms with E-state index < -0.39 is 5.91 Å². The summed E-state index contributed by atoms with van der Waals surface area (Å²) in [6.45, 7) is 2.19. The summed E-state index contributed by atoms with van der Waals surface area (Å²) in [7, 11) is 3.26. The number of primary amides is 1. The number of hydrogen-bond acceptors (Lipinski definition) is 5. The molecule has 124 valence electrons. The number of thioether (sulfide) groups is 1. The number of aromatic nitrogens is 1. The van der Waals surface area contributed by atoms with Crippen LogP contribution in [0.15, 0.2) is 5.03 Å². The second-order valence-electron chi connectivity index (χ2n) is 5.14. The van der Waals surface area contributed by atoms with Crippen LogP contribution in [0.2, 0.25) is 0 Å². The summed E-state index contributed by atoms with van der Waals surface area (Å²) in [6, 6.07) is -0.303. The van der Waals surface area contributed by atoms with Crippen LogP contribution in [-0.2, 0) is 0 Å². The zero-order valence-electron chi connectivity index (χ0n) is 13.3. The van der Waals surface area contributed by atoms with E-state index >= 15 is 0 Å². The highest BCUT2D eigenvalue weighted by Gasteiger charge is 2.21.